The molecule has 1 aliphatic carbocycles. The minimum atomic E-state index is -1.40. The quantitative estimate of drug-likeness (QED) is 0.159. The second kappa shape index (κ2) is 12.2. The lowest BCUT2D eigenvalue weighted by atomic mass is 9.81. The zero-order valence-electron chi connectivity index (χ0n) is 34.5. The molecule has 58 heavy (non-hydrogen) atoms. The standard InChI is InChI=1S/C44H47N5O9/c1-11-23-18(2)26-17-31-34(22(6)50)20(4)28-15-27-19(3)24(12-13-32(51)45-25(14-33(52)53)41(55)58-43(7,8)9)38-36-37(42(56)57-10)40(54)35-21(5)29-16-30(23)46(26)44(47(28)31,48(27)38)49(29)39(35)36/h15-19,23-25,37H,11-14H2,1-10H3/p+2/t18-,19+,23-,24+,25+,37?,44-/m1/s1. The fourth-order valence-corrected chi connectivity index (χ4v) is 11.3. The maximum absolute atomic E-state index is 14.8. The van der Waals surface area contributed by atoms with E-state index in [0.29, 0.717) is 22.0 Å². The zero-order chi connectivity index (χ0) is 41.8. The summed E-state index contributed by atoms with van der Waals surface area (Å²) in [5.41, 5.74) is 7.87. The molecule has 0 saturated heterocycles. The Morgan fingerprint density at radius 2 is 1.62 bits per heavy atom. The molecule has 14 nitrogen and oxygen atoms in total. The summed E-state index contributed by atoms with van der Waals surface area (Å²) < 4.78 is 19.9. The van der Waals surface area contributed by atoms with E-state index in [1.165, 1.54) is 7.11 Å². The number of hydrogen-bond acceptors (Lipinski definition) is 8. The lowest BCUT2D eigenvalue weighted by Crippen LogP contribution is -2.70. The number of ether oxygens (including phenoxy) is 2. The van der Waals surface area contributed by atoms with E-state index in [-0.39, 0.29) is 42.2 Å². The number of carbonyl (C=O) groups is 6. The smallest absolute Gasteiger partial charge is 0.481 e. The number of methoxy groups -OCH3 is 1. The number of hydrogen-bond donors (Lipinski definition) is 2. The highest BCUT2D eigenvalue weighted by atomic mass is 16.6. The first-order valence-corrected chi connectivity index (χ1v) is 20.2. The summed E-state index contributed by atoms with van der Waals surface area (Å²) in [6, 6.07) is -1.40. The molecular formula is C44H49N5O9+2. The molecule has 14 heteroatoms. The van der Waals surface area contributed by atoms with Crippen molar-refractivity contribution in [2.75, 3.05) is 7.11 Å². The van der Waals surface area contributed by atoms with Crippen LogP contribution in [0.15, 0.2) is 11.4 Å². The molecule has 2 N–H and O–H groups in total. The van der Waals surface area contributed by atoms with Crippen molar-refractivity contribution in [3.63, 3.8) is 0 Å². The Balaban J connectivity index is 1.30. The van der Waals surface area contributed by atoms with Crippen LogP contribution in [0.1, 0.15) is 117 Å². The Bertz CT molecular complexity index is 2680. The molecule has 302 valence electrons. The van der Waals surface area contributed by atoms with Gasteiger partial charge < -0.3 is 19.9 Å². The van der Waals surface area contributed by atoms with Crippen LogP contribution in [0.3, 0.4) is 0 Å². The molecular weight excluding hydrogens is 743 g/mol. The highest BCUT2D eigenvalue weighted by Crippen LogP contribution is 2.55. The number of amides is 1. The van der Waals surface area contributed by atoms with E-state index >= 15 is 0 Å². The minimum absolute atomic E-state index is 0.0502. The summed E-state index contributed by atoms with van der Waals surface area (Å²) in [6.45, 7) is 17.0. The summed E-state index contributed by atoms with van der Waals surface area (Å²) in [5.74, 6) is -6.55. The number of aromatic nitrogens is 2. The van der Waals surface area contributed by atoms with Crippen LogP contribution in [0.2, 0.25) is 0 Å². The highest BCUT2D eigenvalue weighted by Gasteiger charge is 2.77. The first-order chi connectivity index (χ1) is 27.3. The van der Waals surface area contributed by atoms with Gasteiger partial charge in [-0.15, -0.1) is 0 Å². The number of fused-ring (bicyclic) bond motifs is 1. The van der Waals surface area contributed by atoms with Crippen LogP contribution in [0, 0.1) is 43.4 Å². The van der Waals surface area contributed by atoms with Gasteiger partial charge in [0, 0.05) is 35.8 Å². The number of rotatable bonds is 10. The maximum atomic E-state index is 14.8. The van der Waals surface area contributed by atoms with E-state index in [0.717, 1.165) is 57.1 Å². The van der Waals surface area contributed by atoms with Crippen molar-refractivity contribution >= 4 is 70.6 Å². The van der Waals surface area contributed by atoms with Gasteiger partial charge in [0.25, 0.3) is 0 Å². The van der Waals surface area contributed by atoms with Crippen molar-refractivity contribution in [2.45, 2.75) is 106 Å². The van der Waals surface area contributed by atoms with Gasteiger partial charge in [-0.05, 0) is 65.5 Å². The molecule has 1 amide bonds. The summed E-state index contributed by atoms with van der Waals surface area (Å²) in [6.07, 6.45) is 6.85. The summed E-state index contributed by atoms with van der Waals surface area (Å²) in [4.78, 5) is 80.9. The number of esters is 2. The zero-order valence-corrected chi connectivity index (χ0v) is 34.5. The first kappa shape index (κ1) is 37.9. The number of carboxylic acids is 1. The molecule has 0 fully saturated rings. The number of ketones is 2. The molecule has 7 aliphatic rings. The number of carboxylic acid groups (broad SMARTS) is 1. The number of allylic oxidation sites excluding steroid dienone is 2. The monoisotopic (exact) mass is 791 g/mol. The number of carbonyl (C=O) groups excluding carboxylic acids is 5. The van der Waals surface area contributed by atoms with Crippen molar-refractivity contribution < 1.29 is 52.5 Å². The van der Waals surface area contributed by atoms with Crippen molar-refractivity contribution in [2.24, 2.45) is 29.6 Å². The molecule has 1 spiro atoms. The van der Waals surface area contributed by atoms with Crippen LogP contribution < -0.4 is 16.0 Å². The molecule has 7 atom stereocenters. The van der Waals surface area contributed by atoms with Crippen molar-refractivity contribution in [3.8, 4) is 0 Å². The molecule has 9 rings (SSSR count). The molecule has 0 bridgehead atoms. The normalized spacial score (nSPS) is 26.8. The third-order valence-electron chi connectivity index (χ3n) is 13.5. The average Bonchev–Trinajstić information content (AvgIpc) is 3.87. The van der Waals surface area contributed by atoms with Gasteiger partial charge in [0.1, 0.15) is 11.6 Å². The van der Waals surface area contributed by atoms with E-state index in [9.17, 15) is 33.9 Å². The Morgan fingerprint density at radius 1 is 0.966 bits per heavy atom. The van der Waals surface area contributed by atoms with Gasteiger partial charge in [-0.1, -0.05) is 29.9 Å². The van der Waals surface area contributed by atoms with Gasteiger partial charge in [0.05, 0.1) is 64.9 Å². The topological polar surface area (TPSA) is 169 Å². The molecule has 1 unspecified atom stereocenters. The number of aliphatic carboxylic acids is 1. The van der Waals surface area contributed by atoms with E-state index in [2.05, 4.69) is 62.6 Å². The second-order valence-electron chi connectivity index (χ2n) is 17.8. The number of nitrogens with zero attached hydrogens (tertiary/aromatic N) is 4. The SMILES string of the molecule is CC[C@H]1C2=[N+]3C(=Cc4c(C(C)=O)c(C)c5n4[C@]34n3c(c(C)c6c3=C(C3=[N+]4C(=C5)[C@@H](C)[C@@H]3CCC(=O)N[C@@H](CC(=O)O)C(=O)OC(C)(C)C)C(C(=O)OC)C6=O)=C2)[C@@H]1C. The highest BCUT2D eigenvalue weighted by molar-refractivity contribution is 6.34. The lowest BCUT2D eigenvalue weighted by Gasteiger charge is -2.39. The molecule has 8 heterocycles. The van der Waals surface area contributed by atoms with E-state index in [4.69, 9.17) is 9.47 Å². The lowest BCUT2D eigenvalue weighted by molar-refractivity contribution is -0.837. The predicted octanol–water partition coefficient (Wildman–Crippen LogP) is 2.81. The van der Waals surface area contributed by atoms with E-state index in [1.807, 2.05) is 13.8 Å². The molecule has 0 radical (unpaired) electrons. The third-order valence-corrected chi connectivity index (χ3v) is 13.5. The molecule has 2 aromatic heterocycles. The van der Waals surface area contributed by atoms with Crippen LogP contribution in [-0.2, 0) is 34.6 Å². The van der Waals surface area contributed by atoms with Crippen molar-refractivity contribution in [1.29, 1.82) is 0 Å². The number of nitrogens with one attached hydrogen (secondary N) is 1. The van der Waals surface area contributed by atoms with Crippen LogP contribution >= 0.6 is 0 Å². The molecule has 0 aromatic carbocycles. The minimum Gasteiger partial charge on any atom is -0.481 e. The fraction of sp³-hybridized carbons (Fsp3) is 0.500. The van der Waals surface area contributed by atoms with Crippen LogP contribution in [0.5, 0.6) is 0 Å². The average molecular weight is 792 g/mol. The van der Waals surface area contributed by atoms with Gasteiger partial charge in [0.2, 0.25) is 11.6 Å². The second-order valence-corrected chi connectivity index (χ2v) is 17.8. The molecule has 0 saturated carbocycles. The van der Waals surface area contributed by atoms with E-state index < -0.39 is 59.6 Å². The maximum Gasteiger partial charge on any atom is 0.552 e. The van der Waals surface area contributed by atoms with Gasteiger partial charge in [-0.2, -0.15) is 9.13 Å². The Morgan fingerprint density at radius 3 is 2.24 bits per heavy atom. The van der Waals surface area contributed by atoms with Gasteiger partial charge in [-0.25, -0.2) is 4.79 Å². The number of Topliss-reactive ketones (excluding diaryl/α,β-unsaturated/α-hetero) is 2. The van der Waals surface area contributed by atoms with Crippen molar-refractivity contribution in [1.82, 2.24) is 14.5 Å². The van der Waals surface area contributed by atoms with Gasteiger partial charge in [0.15, 0.2) is 34.6 Å². The predicted molar refractivity (Wildman–Crippen MR) is 210 cm³/mol. The molecule has 6 aliphatic heterocycles. The van der Waals surface area contributed by atoms with Gasteiger partial charge >= 0.3 is 23.8 Å². The Labute approximate surface area is 334 Å². The Kier molecular flexibility index (Phi) is 7.96. The molecule has 2 aromatic rings. The summed E-state index contributed by atoms with van der Waals surface area (Å²) >= 11 is 0. The van der Waals surface area contributed by atoms with Crippen LogP contribution in [0.4, 0.5) is 0 Å². The van der Waals surface area contributed by atoms with Crippen molar-refractivity contribution in [3.05, 3.63) is 55.7 Å². The van der Waals surface area contributed by atoms with Gasteiger partial charge in [-0.3, -0.25) is 24.0 Å². The third kappa shape index (κ3) is 4.54. The van der Waals surface area contributed by atoms with Crippen LogP contribution in [0.25, 0.3) is 23.8 Å². The summed E-state index contributed by atoms with van der Waals surface area (Å²) in [5, 5.41) is 13.7. The summed E-state index contributed by atoms with van der Waals surface area (Å²) in [7, 11) is 1.28. The first-order valence-electron chi connectivity index (χ1n) is 20.2. The van der Waals surface area contributed by atoms with E-state index in [1.54, 1.807) is 27.7 Å². The Hall–Kier alpha value is -5.66. The fourth-order valence-electron chi connectivity index (χ4n) is 11.3. The largest absolute Gasteiger partial charge is 0.552 e. The van der Waals surface area contributed by atoms with Crippen LogP contribution in [-0.4, -0.2) is 88.9 Å².